The van der Waals surface area contributed by atoms with E-state index in [0.717, 1.165) is 19.3 Å². The number of carbonyl (C=O) groups is 1. The zero-order chi connectivity index (χ0) is 22.7. The highest BCUT2D eigenvalue weighted by atomic mass is 35.5. The van der Waals surface area contributed by atoms with Crippen molar-refractivity contribution in [3.63, 3.8) is 0 Å². The molecule has 8 heteroatoms. The summed E-state index contributed by atoms with van der Waals surface area (Å²) in [4.78, 5) is 31.1. The monoisotopic (exact) mass is 466 g/mol. The first-order valence-electron chi connectivity index (χ1n) is 10.6. The molecule has 0 radical (unpaired) electrons. The van der Waals surface area contributed by atoms with Gasteiger partial charge in [-0.2, -0.15) is 5.26 Å². The van der Waals surface area contributed by atoms with Crippen LogP contribution in [0.15, 0.2) is 58.5 Å². The van der Waals surface area contributed by atoms with Crippen LogP contribution in [0.2, 0.25) is 5.02 Å². The Morgan fingerprint density at radius 2 is 1.88 bits per heavy atom. The Morgan fingerprint density at radius 1 is 1.19 bits per heavy atom. The fourth-order valence-electron chi connectivity index (χ4n) is 4.01. The third-order valence-electron chi connectivity index (χ3n) is 5.77. The summed E-state index contributed by atoms with van der Waals surface area (Å²) in [6.45, 7) is 1.76. The summed E-state index contributed by atoms with van der Waals surface area (Å²) in [5, 5.41) is 13.4. The number of hydrogen-bond acceptors (Lipinski definition) is 5. The lowest BCUT2D eigenvalue weighted by molar-refractivity contribution is -0.121. The fraction of sp³-hybridized carbons (Fsp3) is 0.333. The molecule has 1 saturated carbocycles. The Hall–Kier alpha value is -2.82. The molecule has 0 saturated heterocycles. The maximum absolute atomic E-state index is 13.4. The van der Waals surface area contributed by atoms with E-state index in [1.54, 1.807) is 49.4 Å². The third kappa shape index (κ3) is 4.38. The van der Waals surface area contributed by atoms with E-state index < -0.39 is 10.8 Å². The third-order valence-corrected chi connectivity index (χ3v) is 7.15. The maximum atomic E-state index is 13.4. The first-order valence-corrected chi connectivity index (χ1v) is 11.9. The summed E-state index contributed by atoms with van der Waals surface area (Å²) in [7, 11) is 0. The molecule has 0 bridgehead atoms. The summed E-state index contributed by atoms with van der Waals surface area (Å²) in [5.74, 6) is -0.244. The van der Waals surface area contributed by atoms with E-state index in [0.29, 0.717) is 39.6 Å². The molecule has 0 unspecified atom stereocenters. The van der Waals surface area contributed by atoms with E-state index in [1.165, 1.54) is 16.3 Å². The van der Waals surface area contributed by atoms with E-state index in [9.17, 15) is 14.9 Å². The normalized spacial score (nSPS) is 16.3. The van der Waals surface area contributed by atoms with E-state index >= 15 is 0 Å². The molecule has 32 heavy (non-hydrogen) atoms. The quantitative estimate of drug-likeness (QED) is 0.428. The van der Waals surface area contributed by atoms with Crippen molar-refractivity contribution >= 4 is 40.2 Å². The molecule has 164 valence electrons. The van der Waals surface area contributed by atoms with Crippen molar-refractivity contribution < 1.29 is 4.79 Å². The average Bonchev–Trinajstić information content (AvgIpc) is 2.81. The number of halogens is 1. The first-order chi connectivity index (χ1) is 15.4. The molecular formula is C24H23ClN4O2S. The molecule has 1 aliphatic carbocycles. The van der Waals surface area contributed by atoms with Gasteiger partial charge in [0.25, 0.3) is 5.56 Å². The Kier molecular flexibility index (Phi) is 6.54. The number of benzene rings is 2. The van der Waals surface area contributed by atoms with E-state index in [2.05, 4.69) is 16.4 Å². The van der Waals surface area contributed by atoms with Gasteiger partial charge in [0.05, 0.1) is 32.9 Å². The Labute approximate surface area is 195 Å². The lowest BCUT2D eigenvalue weighted by atomic mass is 9.83. The summed E-state index contributed by atoms with van der Waals surface area (Å²) in [6, 6.07) is 16.5. The molecule has 1 aliphatic rings. The minimum Gasteiger partial charge on any atom is -0.337 e. The van der Waals surface area contributed by atoms with Gasteiger partial charge in [-0.3, -0.25) is 14.2 Å². The van der Waals surface area contributed by atoms with Crippen molar-refractivity contribution in [3.8, 4) is 11.8 Å². The Bertz CT molecular complexity index is 1260. The second-order valence-electron chi connectivity index (χ2n) is 8.01. The van der Waals surface area contributed by atoms with Crippen molar-refractivity contribution in [2.45, 2.75) is 55.0 Å². The van der Waals surface area contributed by atoms with Crippen LogP contribution in [0.5, 0.6) is 0 Å². The van der Waals surface area contributed by atoms with Crippen molar-refractivity contribution in [2.75, 3.05) is 0 Å². The minimum absolute atomic E-state index is 0.244. The highest BCUT2D eigenvalue weighted by Gasteiger charge is 2.35. The zero-order valence-electron chi connectivity index (χ0n) is 17.7. The Morgan fingerprint density at radius 3 is 2.59 bits per heavy atom. The molecule has 3 aromatic rings. The molecule has 4 rings (SSSR count). The molecule has 1 aromatic heterocycles. The second-order valence-corrected chi connectivity index (χ2v) is 9.72. The number of fused-ring (bicyclic) bond motifs is 1. The molecule has 1 atom stereocenters. The molecule has 1 fully saturated rings. The van der Waals surface area contributed by atoms with Gasteiger partial charge in [0.1, 0.15) is 5.54 Å². The maximum Gasteiger partial charge on any atom is 0.266 e. The summed E-state index contributed by atoms with van der Waals surface area (Å²) >= 11 is 7.59. The average molecular weight is 467 g/mol. The number of nitriles is 1. The van der Waals surface area contributed by atoms with Crippen LogP contribution >= 0.6 is 23.4 Å². The van der Waals surface area contributed by atoms with Gasteiger partial charge >= 0.3 is 0 Å². The standard InChI is InChI=1S/C24H23ClN4O2S/c1-16(21(30)28-24(15-26)13-7-2-8-14-24)32-23-27-19-11-5-3-9-17(19)22(31)29(23)20-12-6-4-10-18(20)25/h3-6,9-12,16H,2,7-8,13-14H2,1H3,(H,28,30)/t16-/m0/s1. The van der Waals surface area contributed by atoms with Crippen LogP contribution in [0.25, 0.3) is 16.6 Å². The molecule has 1 amide bonds. The van der Waals surface area contributed by atoms with Crippen LogP contribution in [0, 0.1) is 11.3 Å². The molecule has 1 N–H and O–H groups in total. The molecule has 0 spiro atoms. The smallest absolute Gasteiger partial charge is 0.266 e. The van der Waals surface area contributed by atoms with Crippen LogP contribution in [-0.4, -0.2) is 26.2 Å². The molecule has 6 nitrogen and oxygen atoms in total. The summed E-state index contributed by atoms with van der Waals surface area (Å²) in [6.07, 6.45) is 4.24. The van der Waals surface area contributed by atoms with E-state index in [4.69, 9.17) is 11.6 Å². The molecule has 1 heterocycles. The summed E-state index contributed by atoms with van der Waals surface area (Å²) in [5.41, 5.74) is -0.00631. The Balaban J connectivity index is 1.71. The van der Waals surface area contributed by atoms with Crippen LogP contribution in [0.4, 0.5) is 0 Å². The second kappa shape index (κ2) is 9.35. The first kappa shape index (κ1) is 22.4. The number of hydrogen-bond donors (Lipinski definition) is 1. The van der Waals surface area contributed by atoms with E-state index in [1.807, 2.05) is 6.07 Å². The fourth-order valence-corrected chi connectivity index (χ4v) is 5.15. The van der Waals surface area contributed by atoms with Crippen LogP contribution in [0.1, 0.15) is 39.0 Å². The van der Waals surface area contributed by atoms with Gasteiger partial charge in [-0.1, -0.05) is 66.9 Å². The number of para-hydroxylation sites is 2. The number of amides is 1. The molecule has 2 aromatic carbocycles. The van der Waals surface area contributed by atoms with E-state index in [-0.39, 0.29) is 11.5 Å². The molecular weight excluding hydrogens is 444 g/mol. The van der Waals surface area contributed by atoms with Crippen molar-refractivity contribution in [1.29, 1.82) is 5.26 Å². The lowest BCUT2D eigenvalue weighted by Gasteiger charge is -2.32. The summed E-state index contributed by atoms with van der Waals surface area (Å²) < 4.78 is 1.46. The predicted molar refractivity (Wildman–Crippen MR) is 127 cm³/mol. The zero-order valence-corrected chi connectivity index (χ0v) is 19.2. The number of carbonyl (C=O) groups excluding carboxylic acids is 1. The molecule has 0 aliphatic heterocycles. The van der Waals surface area contributed by atoms with Gasteiger partial charge in [-0.05, 0) is 44.0 Å². The number of thioether (sulfide) groups is 1. The number of nitrogens with zero attached hydrogens (tertiary/aromatic N) is 3. The van der Waals surface area contributed by atoms with Crippen LogP contribution in [-0.2, 0) is 4.79 Å². The van der Waals surface area contributed by atoms with Gasteiger partial charge in [0.15, 0.2) is 5.16 Å². The topological polar surface area (TPSA) is 87.8 Å². The van der Waals surface area contributed by atoms with Crippen molar-refractivity contribution in [2.24, 2.45) is 0 Å². The van der Waals surface area contributed by atoms with Crippen LogP contribution < -0.4 is 10.9 Å². The lowest BCUT2D eigenvalue weighted by Crippen LogP contribution is -2.51. The van der Waals surface area contributed by atoms with Crippen molar-refractivity contribution in [1.82, 2.24) is 14.9 Å². The minimum atomic E-state index is -0.816. The van der Waals surface area contributed by atoms with Gasteiger partial charge in [-0.25, -0.2) is 4.98 Å². The SMILES string of the molecule is C[C@H](Sc1nc2ccccc2c(=O)n1-c1ccccc1Cl)C(=O)NC1(C#N)CCCCC1. The highest BCUT2D eigenvalue weighted by molar-refractivity contribution is 8.00. The predicted octanol–water partition coefficient (Wildman–Crippen LogP) is 4.86. The van der Waals surface area contributed by atoms with Gasteiger partial charge in [0, 0.05) is 0 Å². The highest BCUT2D eigenvalue weighted by Crippen LogP contribution is 2.31. The van der Waals surface area contributed by atoms with Gasteiger partial charge in [-0.15, -0.1) is 0 Å². The van der Waals surface area contributed by atoms with Crippen molar-refractivity contribution in [3.05, 3.63) is 63.9 Å². The van der Waals surface area contributed by atoms with Gasteiger partial charge < -0.3 is 5.32 Å². The van der Waals surface area contributed by atoms with Crippen LogP contribution in [0.3, 0.4) is 0 Å². The number of aromatic nitrogens is 2. The van der Waals surface area contributed by atoms with Gasteiger partial charge in [0.2, 0.25) is 5.91 Å². The largest absolute Gasteiger partial charge is 0.337 e. The number of rotatable bonds is 5. The number of nitrogens with one attached hydrogen (secondary N) is 1.